The minimum Gasteiger partial charge on any atom is -0.497 e. The van der Waals surface area contributed by atoms with Crippen LogP contribution in [0.25, 0.3) is 0 Å². The van der Waals surface area contributed by atoms with Crippen LogP contribution in [0.4, 0.5) is 8.78 Å². The Bertz CT molecular complexity index is 898. The van der Waals surface area contributed by atoms with E-state index in [-0.39, 0.29) is 11.1 Å². The molecule has 2 rings (SSSR count). The van der Waals surface area contributed by atoms with Gasteiger partial charge in [0.2, 0.25) is 5.78 Å². The Kier molecular flexibility index (Phi) is 7.69. The molecular formula is C20H18BrF2NO4. The zero-order valence-corrected chi connectivity index (χ0v) is 16.8. The molecule has 0 saturated carbocycles. The minimum atomic E-state index is -1.07. The lowest BCUT2D eigenvalue weighted by atomic mass is 10.0. The third-order valence-corrected chi connectivity index (χ3v) is 4.31. The lowest BCUT2D eigenvalue weighted by Gasteiger charge is -2.09. The highest BCUT2D eigenvalue weighted by atomic mass is 79.9. The molecule has 0 saturated heterocycles. The number of rotatable bonds is 8. The zero-order chi connectivity index (χ0) is 20.7. The van der Waals surface area contributed by atoms with E-state index in [0.717, 1.165) is 11.6 Å². The molecule has 8 heteroatoms. The van der Waals surface area contributed by atoms with Crippen molar-refractivity contribution in [3.63, 3.8) is 0 Å². The maximum Gasteiger partial charge on any atom is 0.343 e. The lowest BCUT2D eigenvalue weighted by Crippen LogP contribution is -2.20. The molecule has 0 aromatic heterocycles. The van der Waals surface area contributed by atoms with Gasteiger partial charge in [-0.15, -0.1) is 0 Å². The van der Waals surface area contributed by atoms with Crippen molar-refractivity contribution in [1.82, 2.24) is 5.32 Å². The molecule has 148 valence electrons. The number of hydrogen-bond donors (Lipinski definition) is 1. The van der Waals surface area contributed by atoms with Gasteiger partial charge in [-0.2, -0.15) is 0 Å². The molecule has 2 aromatic rings. The number of carbonyl (C=O) groups excluding carboxylic acids is 2. The van der Waals surface area contributed by atoms with Gasteiger partial charge in [0.25, 0.3) is 0 Å². The zero-order valence-electron chi connectivity index (χ0n) is 15.2. The van der Waals surface area contributed by atoms with E-state index in [9.17, 15) is 18.4 Å². The maximum atomic E-state index is 14.1. The van der Waals surface area contributed by atoms with E-state index in [1.807, 2.05) is 12.1 Å². The van der Waals surface area contributed by atoms with E-state index in [2.05, 4.69) is 21.2 Å². The highest BCUT2D eigenvalue weighted by Crippen LogP contribution is 2.22. The molecule has 0 fully saturated rings. The molecule has 0 radical (unpaired) electrons. The monoisotopic (exact) mass is 453 g/mol. The molecule has 0 amide bonds. The molecule has 2 aromatic carbocycles. The highest BCUT2D eigenvalue weighted by molar-refractivity contribution is 9.10. The summed E-state index contributed by atoms with van der Waals surface area (Å²) in [5, 5.41) is 2.84. The molecule has 0 unspecified atom stereocenters. The smallest absolute Gasteiger partial charge is 0.343 e. The number of hydrogen-bond acceptors (Lipinski definition) is 5. The Balaban J connectivity index is 2.25. The van der Waals surface area contributed by atoms with Crippen molar-refractivity contribution >= 4 is 27.7 Å². The van der Waals surface area contributed by atoms with Gasteiger partial charge in [-0.05, 0) is 46.6 Å². The van der Waals surface area contributed by atoms with E-state index in [1.165, 1.54) is 6.20 Å². The van der Waals surface area contributed by atoms with Gasteiger partial charge in [0.15, 0.2) is 0 Å². The van der Waals surface area contributed by atoms with Crippen molar-refractivity contribution in [3.8, 4) is 5.75 Å². The lowest BCUT2D eigenvalue weighted by molar-refractivity contribution is -0.138. The van der Waals surface area contributed by atoms with Crippen molar-refractivity contribution < 1.29 is 27.8 Å². The molecule has 28 heavy (non-hydrogen) atoms. The van der Waals surface area contributed by atoms with Crippen LogP contribution in [0.5, 0.6) is 5.75 Å². The largest absolute Gasteiger partial charge is 0.497 e. The molecule has 0 heterocycles. The molecule has 0 bridgehead atoms. The summed E-state index contributed by atoms with van der Waals surface area (Å²) in [5.41, 5.74) is 0.0232. The standard InChI is InChI=1S/C20H18BrF2NO4/c1-3-28-20(26)15(11-24-10-12-4-6-13(27-2)7-5-12)19(25)14-8-16(21)18(23)9-17(14)22/h4-9,11,24H,3,10H2,1-2H3. The summed E-state index contributed by atoms with van der Waals surface area (Å²) in [6, 6.07) is 8.71. The van der Waals surface area contributed by atoms with Gasteiger partial charge in [-0.3, -0.25) is 4.79 Å². The Morgan fingerprint density at radius 2 is 1.82 bits per heavy atom. The highest BCUT2D eigenvalue weighted by Gasteiger charge is 2.25. The van der Waals surface area contributed by atoms with Crippen LogP contribution in [-0.2, 0) is 16.1 Å². The fourth-order valence-corrected chi connectivity index (χ4v) is 2.63. The number of benzene rings is 2. The van der Waals surface area contributed by atoms with Gasteiger partial charge in [0, 0.05) is 18.8 Å². The number of halogens is 3. The van der Waals surface area contributed by atoms with Gasteiger partial charge >= 0.3 is 5.97 Å². The molecule has 0 aliphatic carbocycles. The van der Waals surface area contributed by atoms with Crippen molar-refractivity contribution in [2.75, 3.05) is 13.7 Å². The van der Waals surface area contributed by atoms with Crippen LogP contribution >= 0.6 is 15.9 Å². The second-order valence-corrected chi connectivity index (χ2v) is 6.44. The second kappa shape index (κ2) is 9.98. The third-order valence-electron chi connectivity index (χ3n) is 3.71. The number of esters is 1. The van der Waals surface area contributed by atoms with E-state index in [0.29, 0.717) is 18.4 Å². The summed E-state index contributed by atoms with van der Waals surface area (Å²) in [6.07, 6.45) is 1.17. The molecule has 0 spiro atoms. The Hall–Kier alpha value is -2.74. The summed E-state index contributed by atoms with van der Waals surface area (Å²) in [5.74, 6) is -3.06. The average Bonchev–Trinajstić information content (AvgIpc) is 2.68. The van der Waals surface area contributed by atoms with Crippen LogP contribution in [0.1, 0.15) is 22.8 Å². The van der Waals surface area contributed by atoms with Crippen LogP contribution < -0.4 is 10.1 Å². The summed E-state index contributed by atoms with van der Waals surface area (Å²) in [4.78, 5) is 24.8. The van der Waals surface area contributed by atoms with Crippen molar-refractivity contribution in [2.24, 2.45) is 0 Å². The maximum absolute atomic E-state index is 14.1. The summed E-state index contributed by atoms with van der Waals surface area (Å²) < 4.78 is 37.3. The molecule has 5 nitrogen and oxygen atoms in total. The Morgan fingerprint density at radius 1 is 1.14 bits per heavy atom. The molecule has 0 atom stereocenters. The SMILES string of the molecule is CCOC(=O)C(=CNCc1ccc(OC)cc1)C(=O)c1cc(Br)c(F)cc1F. The molecular weight excluding hydrogens is 436 g/mol. The van der Waals surface area contributed by atoms with Crippen LogP contribution in [0.2, 0.25) is 0 Å². The predicted octanol–water partition coefficient (Wildman–Crippen LogP) is 4.16. The average molecular weight is 454 g/mol. The first-order valence-electron chi connectivity index (χ1n) is 8.30. The first kappa shape index (κ1) is 21.6. The van der Waals surface area contributed by atoms with Gasteiger partial charge < -0.3 is 14.8 Å². The van der Waals surface area contributed by atoms with Crippen LogP contribution in [0, 0.1) is 11.6 Å². The number of methoxy groups -OCH3 is 1. The molecule has 1 N–H and O–H groups in total. The number of ether oxygens (including phenoxy) is 2. The van der Waals surface area contributed by atoms with Gasteiger partial charge in [-0.25, -0.2) is 13.6 Å². The second-order valence-electron chi connectivity index (χ2n) is 5.58. The minimum absolute atomic E-state index is 0.0392. The fraction of sp³-hybridized carbons (Fsp3) is 0.200. The Morgan fingerprint density at radius 3 is 2.43 bits per heavy atom. The third kappa shape index (κ3) is 5.39. The van der Waals surface area contributed by atoms with Gasteiger partial charge in [0.05, 0.1) is 23.8 Å². The first-order valence-corrected chi connectivity index (χ1v) is 9.09. The summed E-state index contributed by atoms with van der Waals surface area (Å²) >= 11 is 2.90. The number of Topliss-reactive ketones (excluding diaryl/α,β-unsaturated/α-hetero) is 1. The molecule has 0 aliphatic heterocycles. The van der Waals surface area contributed by atoms with E-state index < -0.39 is 34.5 Å². The Labute approximate surface area is 169 Å². The number of ketones is 1. The van der Waals surface area contributed by atoms with E-state index in [1.54, 1.807) is 26.2 Å². The van der Waals surface area contributed by atoms with E-state index in [4.69, 9.17) is 9.47 Å². The normalized spacial score (nSPS) is 11.1. The van der Waals surface area contributed by atoms with Gasteiger partial charge in [-0.1, -0.05) is 12.1 Å². The first-order chi connectivity index (χ1) is 13.4. The van der Waals surface area contributed by atoms with Crippen LogP contribution in [0.15, 0.2) is 52.6 Å². The molecule has 0 aliphatic rings. The number of carbonyl (C=O) groups is 2. The topological polar surface area (TPSA) is 64.6 Å². The van der Waals surface area contributed by atoms with Crippen molar-refractivity contribution in [2.45, 2.75) is 13.5 Å². The van der Waals surface area contributed by atoms with Gasteiger partial charge in [0.1, 0.15) is 23.0 Å². The van der Waals surface area contributed by atoms with Crippen molar-refractivity contribution in [3.05, 3.63) is 75.4 Å². The quantitative estimate of drug-likeness (QED) is 0.162. The number of nitrogens with one attached hydrogen (secondary N) is 1. The van der Waals surface area contributed by atoms with Crippen LogP contribution in [-0.4, -0.2) is 25.5 Å². The summed E-state index contributed by atoms with van der Waals surface area (Å²) in [6.45, 7) is 1.92. The summed E-state index contributed by atoms with van der Waals surface area (Å²) in [7, 11) is 1.56. The fourth-order valence-electron chi connectivity index (χ4n) is 2.28. The van der Waals surface area contributed by atoms with E-state index >= 15 is 0 Å². The van der Waals surface area contributed by atoms with Crippen LogP contribution in [0.3, 0.4) is 0 Å². The predicted molar refractivity (Wildman–Crippen MR) is 103 cm³/mol. The van der Waals surface area contributed by atoms with Crippen molar-refractivity contribution in [1.29, 1.82) is 0 Å².